The Morgan fingerprint density at radius 1 is 0.677 bits per heavy atom. The van der Waals surface area contributed by atoms with Crippen molar-refractivity contribution in [2.24, 2.45) is 5.41 Å². The van der Waals surface area contributed by atoms with Gasteiger partial charge in [0.25, 0.3) is 0 Å². The molecule has 182 valence electrons. The van der Waals surface area contributed by atoms with Gasteiger partial charge in [0.1, 0.15) is 0 Å². The van der Waals surface area contributed by atoms with Gasteiger partial charge < -0.3 is 15.1 Å². The molecule has 0 spiro atoms. The molecular weight excluding hydrogens is 390 g/mol. The average molecular weight is 440 g/mol. The summed E-state index contributed by atoms with van der Waals surface area (Å²) in [4.78, 5) is 25.4. The van der Waals surface area contributed by atoms with Crippen LogP contribution in [0.1, 0.15) is 116 Å². The first kappa shape index (κ1) is 29.6. The van der Waals surface area contributed by atoms with Crippen LogP contribution in [-0.4, -0.2) is 47.7 Å². The molecule has 0 unspecified atom stereocenters. The first-order valence-electron chi connectivity index (χ1n) is 12.6. The van der Waals surface area contributed by atoms with Crippen molar-refractivity contribution >= 4 is 11.9 Å². The Balaban J connectivity index is 3.84. The molecule has 0 saturated carbocycles. The predicted molar refractivity (Wildman–Crippen MR) is 130 cm³/mol. The Hall–Kier alpha value is -1.36. The van der Waals surface area contributed by atoms with Crippen LogP contribution in [-0.2, 0) is 9.59 Å². The Morgan fingerprint density at radius 2 is 1.10 bits per heavy atom. The molecule has 0 aliphatic heterocycles. The fraction of sp³-hybridized carbons (Fsp3) is 0.846. The number of unbranched alkanes of at least 4 members (excludes halogenated alkanes) is 12. The van der Waals surface area contributed by atoms with Crippen LogP contribution in [0.5, 0.6) is 0 Å². The summed E-state index contributed by atoms with van der Waals surface area (Å²) in [5.74, 6) is -2.38. The fourth-order valence-electron chi connectivity index (χ4n) is 4.02. The number of hydrogen-bond donors (Lipinski definition) is 2. The molecule has 5 heteroatoms. The minimum Gasteiger partial charge on any atom is -0.480 e. The van der Waals surface area contributed by atoms with E-state index in [4.69, 9.17) is 0 Å². The van der Waals surface area contributed by atoms with Crippen molar-refractivity contribution in [2.75, 3.05) is 20.6 Å². The van der Waals surface area contributed by atoms with Crippen molar-refractivity contribution in [3.05, 3.63) is 12.2 Å². The summed E-state index contributed by atoms with van der Waals surface area (Å²) in [5.41, 5.74) is -1.63. The predicted octanol–water partition coefficient (Wildman–Crippen LogP) is 6.91. The van der Waals surface area contributed by atoms with Gasteiger partial charge in [-0.25, -0.2) is 0 Å². The van der Waals surface area contributed by atoms with Gasteiger partial charge in [-0.3, -0.25) is 9.59 Å². The van der Waals surface area contributed by atoms with Crippen LogP contribution < -0.4 is 0 Å². The number of carboxylic acids is 2. The lowest BCUT2D eigenvalue weighted by atomic mass is 9.78. The summed E-state index contributed by atoms with van der Waals surface area (Å²) in [6, 6.07) is 0. The molecule has 0 fully saturated rings. The highest BCUT2D eigenvalue weighted by Gasteiger charge is 2.45. The molecule has 0 amide bonds. The molecule has 31 heavy (non-hydrogen) atoms. The fourth-order valence-corrected chi connectivity index (χ4v) is 4.02. The number of aliphatic carboxylic acids is 2. The highest BCUT2D eigenvalue weighted by Crippen LogP contribution is 2.32. The van der Waals surface area contributed by atoms with Crippen LogP contribution >= 0.6 is 0 Å². The lowest BCUT2D eigenvalue weighted by molar-refractivity contribution is -0.166. The van der Waals surface area contributed by atoms with Crippen molar-refractivity contribution in [3.63, 3.8) is 0 Å². The van der Waals surface area contributed by atoms with Crippen molar-refractivity contribution in [1.29, 1.82) is 0 Å². The molecule has 5 nitrogen and oxygen atoms in total. The smallest absolute Gasteiger partial charge is 0.321 e. The second-order valence-corrected chi connectivity index (χ2v) is 9.29. The highest BCUT2D eigenvalue weighted by atomic mass is 16.4. The summed E-state index contributed by atoms with van der Waals surface area (Å²) in [6.07, 6.45) is 22.2. The zero-order valence-corrected chi connectivity index (χ0v) is 20.5. The lowest BCUT2D eigenvalue weighted by Crippen LogP contribution is -2.40. The Kier molecular flexibility index (Phi) is 18.5. The van der Waals surface area contributed by atoms with Gasteiger partial charge in [0.05, 0.1) is 0 Å². The molecule has 0 aromatic rings. The Labute approximate surface area is 191 Å². The van der Waals surface area contributed by atoms with Crippen molar-refractivity contribution in [2.45, 2.75) is 116 Å². The van der Waals surface area contributed by atoms with E-state index >= 15 is 0 Å². The molecule has 2 N–H and O–H groups in total. The van der Waals surface area contributed by atoms with Crippen molar-refractivity contribution in [1.82, 2.24) is 4.90 Å². The zero-order valence-electron chi connectivity index (χ0n) is 20.5. The van der Waals surface area contributed by atoms with Crippen LogP contribution in [0.3, 0.4) is 0 Å². The molecule has 0 aromatic heterocycles. The second-order valence-electron chi connectivity index (χ2n) is 9.29. The van der Waals surface area contributed by atoms with Crippen LogP contribution in [0.25, 0.3) is 0 Å². The summed E-state index contributed by atoms with van der Waals surface area (Å²) in [6.45, 7) is 2.95. The molecule has 0 atom stereocenters. The number of hydrogen-bond acceptors (Lipinski definition) is 3. The van der Waals surface area contributed by atoms with Crippen LogP contribution in [0.2, 0.25) is 0 Å². The number of carboxylic acid groups (broad SMARTS) is 2. The van der Waals surface area contributed by atoms with E-state index in [2.05, 4.69) is 19.1 Å². The first-order valence-corrected chi connectivity index (χ1v) is 12.6. The molecule has 0 bridgehead atoms. The Bertz CT molecular complexity index is 474. The normalized spacial score (nSPS) is 12.1. The minimum absolute atomic E-state index is 0.195. The third kappa shape index (κ3) is 15.1. The number of rotatable bonds is 22. The van der Waals surface area contributed by atoms with Gasteiger partial charge in [0.15, 0.2) is 5.41 Å². The maximum Gasteiger partial charge on any atom is 0.321 e. The third-order valence-corrected chi connectivity index (χ3v) is 6.14. The van der Waals surface area contributed by atoms with Gasteiger partial charge in [-0.05, 0) is 65.6 Å². The van der Waals surface area contributed by atoms with Gasteiger partial charge in [0, 0.05) is 0 Å². The van der Waals surface area contributed by atoms with Gasteiger partial charge >= 0.3 is 11.9 Å². The third-order valence-electron chi connectivity index (χ3n) is 6.14. The number of allylic oxidation sites excluding steroid dienone is 2. The molecule has 0 aliphatic rings. The molecule has 0 saturated heterocycles. The Morgan fingerprint density at radius 3 is 1.55 bits per heavy atom. The first-order chi connectivity index (χ1) is 14.9. The summed E-state index contributed by atoms with van der Waals surface area (Å²) >= 11 is 0. The van der Waals surface area contributed by atoms with E-state index in [1.807, 2.05) is 19.0 Å². The molecule has 0 aliphatic carbocycles. The van der Waals surface area contributed by atoms with E-state index in [0.717, 1.165) is 25.7 Å². The van der Waals surface area contributed by atoms with E-state index in [9.17, 15) is 19.8 Å². The molecular formula is C26H49NO4. The highest BCUT2D eigenvalue weighted by molar-refractivity contribution is 5.98. The van der Waals surface area contributed by atoms with E-state index in [1.165, 1.54) is 57.8 Å². The van der Waals surface area contributed by atoms with E-state index in [0.29, 0.717) is 19.4 Å². The van der Waals surface area contributed by atoms with Gasteiger partial charge in [-0.1, -0.05) is 83.3 Å². The van der Waals surface area contributed by atoms with Crippen molar-refractivity contribution in [3.8, 4) is 0 Å². The molecule has 0 rings (SSSR count). The van der Waals surface area contributed by atoms with E-state index in [-0.39, 0.29) is 12.8 Å². The maximum atomic E-state index is 11.7. The summed E-state index contributed by atoms with van der Waals surface area (Å²) in [7, 11) is 3.82. The van der Waals surface area contributed by atoms with Crippen LogP contribution in [0.4, 0.5) is 0 Å². The topological polar surface area (TPSA) is 77.8 Å². The van der Waals surface area contributed by atoms with Crippen LogP contribution in [0.15, 0.2) is 12.2 Å². The lowest BCUT2D eigenvalue weighted by Gasteiger charge is -2.25. The minimum atomic E-state index is -1.63. The molecule has 0 heterocycles. The number of carbonyl (C=O) groups is 2. The van der Waals surface area contributed by atoms with Gasteiger partial charge in [-0.15, -0.1) is 0 Å². The number of nitrogens with zero attached hydrogens (tertiary/aromatic N) is 1. The second kappa shape index (κ2) is 19.3. The van der Waals surface area contributed by atoms with Crippen LogP contribution in [0, 0.1) is 5.41 Å². The summed E-state index contributed by atoms with van der Waals surface area (Å²) < 4.78 is 0. The quantitative estimate of drug-likeness (QED) is 0.109. The standard InChI is InChI=1S/C26H49NO4/c1-4-5-6-7-8-9-10-11-12-13-14-15-16-17-18-19-21-26(24(28)29,25(30)31)22-20-23-27(2)3/h11-12H,4-10,13-23H2,1-3H3,(H,28,29)(H,30,31). The zero-order chi connectivity index (χ0) is 23.4. The van der Waals surface area contributed by atoms with Gasteiger partial charge in [0.2, 0.25) is 0 Å². The van der Waals surface area contributed by atoms with Crippen molar-refractivity contribution < 1.29 is 19.8 Å². The summed E-state index contributed by atoms with van der Waals surface area (Å²) in [5, 5.41) is 19.2. The molecule has 0 radical (unpaired) electrons. The monoisotopic (exact) mass is 439 g/mol. The SMILES string of the molecule is CCCCCCCCC=CCCCCCCCCC(CCCN(C)C)(C(=O)O)C(=O)O. The largest absolute Gasteiger partial charge is 0.480 e. The maximum absolute atomic E-state index is 11.7. The molecule has 0 aromatic carbocycles. The van der Waals surface area contributed by atoms with Gasteiger partial charge in [-0.2, -0.15) is 0 Å². The average Bonchev–Trinajstić information content (AvgIpc) is 2.71. The van der Waals surface area contributed by atoms with E-state index < -0.39 is 17.4 Å². The van der Waals surface area contributed by atoms with E-state index in [1.54, 1.807) is 0 Å².